The summed E-state index contributed by atoms with van der Waals surface area (Å²) in [6.07, 6.45) is 3.99. The Morgan fingerprint density at radius 2 is 2.47 bits per heavy atom. The summed E-state index contributed by atoms with van der Waals surface area (Å²) < 4.78 is 5.35. The molecule has 0 saturated heterocycles. The normalized spacial score (nSPS) is 18.1. The quantitative estimate of drug-likeness (QED) is 0.611. The van der Waals surface area contributed by atoms with Crippen molar-refractivity contribution in [1.29, 1.82) is 0 Å². The third-order valence-electron chi connectivity index (χ3n) is 2.66. The lowest BCUT2D eigenvalue weighted by atomic mass is 9.99. The Kier molecular flexibility index (Phi) is 3.41. The first kappa shape index (κ1) is 10.7. The van der Waals surface area contributed by atoms with Crippen LogP contribution in [0.2, 0.25) is 0 Å². The highest BCUT2D eigenvalue weighted by Gasteiger charge is 2.20. The van der Waals surface area contributed by atoms with Crippen molar-refractivity contribution in [2.45, 2.75) is 25.8 Å². The summed E-state index contributed by atoms with van der Waals surface area (Å²) >= 11 is 1.74. The van der Waals surface area contributed by atoms with Crippen molar-refractivity contribution in [3.8, 4) is 0 Å². The highest BCUT2D eigenvalue weighted by Crippen LogP contribution is 2.32. The highest BCUT2D eigenvalue weighted by molar-refractivity contribution is 7.10. The zero-order valence-electron chi connectivity index (χ0n) is 8.82. The molecule has 3 N–H and O–H groups in total. The third kappa shape index (κ3) is 2.22. The summed E-state index contributed by atoms with van der Waals surface area (Å²) in [5.74, 6) is 5.62. The SMILES string of the molecule is Cc1ccsc1C(NN)C1=COCCC1. The van der Waals surface area contributed by atoms with Crippen LogP contribution in [0.3, 0.4) is 0 Å². The smallest absolute Gasteiger partial charge is 0.0876 e. The van der Waals surface area contributed by atoms with Gasteiger partial charge in [-0.2, -0.15) is 0 Å². The monoisotopic (exact) mass is 224 g/mol. The molecule has 0 bridgehead atoms. The van der Waals surface area contributed by atoms with Gasteiger partial charge in [0, 0.05) is 4.88 Å². The van der Waals surface area contributed by atoms with E-state index in [2.05, 4.69) is 23.8 Å². The zero-order chi connectivity index (χ0) is 10.7. The van der Waals surface area contributed by atoms with Crippen molar-refractivity contribution in [3.63, 3.8) is 0 Å². The van der Waals surface area contributed by atoms with E-state index in [1.54, 1.807) is 11.3 Å². The van der Waals surface area contributed by atoms with Crippen LogP contribution in [-0.2, 0) is 4.74 Å². The molecule has 0 saturated carbocycles. The van der Waals surface area contributed by atoms with E-state index in [-0.39, 0.29) is 6.04 Å². The second-order valence-electron chi connectivity index (χ2n) is 3.73. The van der Waals surface area contributed by atoms with Gasteiger partial charge in [0.15, 0.2) is 0 Å². The van der Waals surface area contributed by atoms with Gasteiger partial charge in [0.25, 0.3) is 0 Å². The molecule has 3 nitrogen and oxygen atoms in total. The van der Waals surface area contributed by atoms with E-state index in [0.717, 1.165) is 19.4 Å². The number of aryl methyl sites for hydroxylation is 1. The molecule has 1 aliphatic rings. The maximum Gasteiger partial charge on any atom is 0.0876 e. The fourth-order valence-corrected chi connectivity index (χ4v) is 2.86. The fraction of sp³-hybridized carbons (Fsp3) is 0.455. The Labute approximate surface area is 93.9 Å². The lowest BCUT2D eigenvalue weighted by molar-refractivity contribution is 0.219. The van der Waals surface area contributed by atoms with E-state index >= 15 is 0 Å². The van der Waals surface area contributed by atoms with E-state index in [0.29, 0.717) is 0 Å². The molecular weight excluding hydrogens is 208 g/mol. The number of nitrogens with one attached hydrogen (secondary N) is 1. The Hall–Kier alpha value is -0.840. The Morgan fingerprint density at radius 3 is 3.00 bits per heavy atom. The van der Waals surface area contributed by atoms with E-state index in [1.165, 1.54) is 16.0 Å². The lowest BCUT2D eigenvalue weighted by Crippen LogP contribution is -2.30. The number of rotatable bonds is 3. The van der Waals surface area contributed by atoms with Gasteiger partial charge in [-0.15, -0.1) is 11.3 Å². The summed E-state index contributed by atoms with van der Waals surface area (Å²) in [5.41, 5.74) is 5.41. The molecule has 82 valence electrons. The number of hydrazine groups is 1. The van der Waals surface area contributed by atoms with Crippen LogP contribution in [0, 0.1) is 6.92 Å². The Balaban J connectivity index is 2.24. The second kappa shape index (κ2) is 4.79. The molecule has 0 aromatic carbocycles. The average Bonchev–Trinajstić information content (AvgIpc) is 2.68. The first-order chi connectivity index (χ1) is 7.33. The standard InChI is InChI=1S/C11H16N2OS/c1-8-4-6-15-11(8)10(13-12)9-3-2-5-14-7-9/h4,6-7,10,13H,2-3,5,12H2,1H3. The molecule has 1 aliphatic heterocycles. The van der Waals surface area contributed by atoms with E-state index in [9.17, 15) is 0 Å². The van der Waals surface area contributed by atoms with Gasteiger partial charge in [0.1, 0.15) is 0 Å². The Morgan fingerprint density at radius 1 is 1.60 bits per heavy atom. The summed E-state index contributed by atoms with van der Waals surface area (Å²) in [6.45, 7) is 2.94. The van der Waals surface area contributed by atoms with Gasteiger partial charge in [0.2, 0.25) is 0 Å². The molecule has 0 radical (unpaired) electrons. The molecule has 2 heterocycles. The predicted molar refractivity (Wildman–Crippen MR) is 62.4 cm³/mol. The molecule has 1 unspecified atom stereocenters. The van der Waals surface area contributed by atoms with Crippen molar-refractivity contribution in [3.05, 3.63) is 33.7 Å². The second-order valence-corrected chi connectivity index (χ2v) is 4.68. The minimum atomic E-state index is 0.116. The van der Waals surface area contributed by atoms with Gasteiger partial charge in [-0.3, -0.25) is 5.84 Å². The molecule has 1 atom stereocenters. The van der Waals surface area contributed by atoms with Crippen LogP contribution in [0.15, 0.2) is 23.3 Å². The van der Waals surface area contributed by atoms with E-state index < -0.39 is 0 Å². The minimum Gasteiger partial charge on any atom is -0.501 e. The van der Waals surface area contributed by atoms with E-state index in [1.807, 2.05) is 6.26 Å². The van der Waals surface area contributed by atoms with Gasteiger partial charge in [0.05, 0.1) is 18.9 Å². The highest BCUT2D eigenvalue weighted by atomic mass is 32.1. The summed E-state index contributed by atoms with van der Waals surface area (Å²) in [4.78, 5) is 1.29. The average molecular weight is 224 g/mol. The summed E-state index contributed by atoms with van der Waals surface area (Å²) in [7, 11) is 0. The number of hydrogen-bond donors (Lipinski definition) is 2. The molecule has 1 aromatic rings. The van der Waals surface area contributed by atoms with Crippen LogP contribution in [0.5, 0.6) is 0 Å². The molecule has 0 aliphatic carbocycles. The van der Waals surface area contributed by atoms with Gasteiger partial charge in [-0.05, 0) is 42.3 Å². The maximum absolute atomic E-state index is 5.62. The van der Waals surface area contributed by atoms with Gasteiger partial charge < -0.3 is 4.74 Å². The lowest BCUT2D eigenvalue weighted by Gasteiger charge is -2.22. The zero-order valence-corrected chi connectivity index (χ0v) is 9.64. The molecule has 0 spiro atoms. The van der Waals surface area contributed by atoms with Crippen molar-refractivity contribution in [2.24, 2.45) is 5.84 Å². The summed E-state index contributed by atoms with van der Waals surface area (Å²) in [5, 5.41) is 2.10. The molecule has 0 amide bonds. The number of thiophene rings is 1. The van der Waals surface area contributed by atoms with Crippen LogP contribution >= 0.6 is 11.3 Å². The molecule has 2 rings (SSSR count). The van der Waals surface area contributed by atoms with Crippen LogP contribution in [0.25, 0.3) is 0 Å². The first-order valence-electron chi connectivity index (χ1n) is 5.13. The number of nitrogens with two attached hydrogens (primary N) is 1. The van der Waals surface area contributed by atoms with E-state index in [4.69, 9.17) is 10.6 Å². The maximum atomic E-state index is 5.62. The first-order valence-corrected chi connectivity index (χ1v) is 6.01. The summed E-state index contributed by atoms with van der Waals surface area (Å²) in [6, 6.07) is 2.24. The number of ether oxygens (including phenoxy) is 1. The topological polar surface area (TPSA) is 47.3 Å². The largest absolute Gasteiger partial charge is 0.501 e. The van der Waals surface area contributed by atoms with Crippen LogP contribution in [0.4, 0.5) is 0 Å². The van der Waals surface area contributed by atoms with Crippen LogP contribution < -0.4 is 11.3 Å². The molecule has 4 heteroatoms. The van der Waals surface area contributed by atoms with Crippen molar-refractivity contribution in [1.82, 2.24) is 5.43 Å². The van der Waals surface area contributed by atoms with Crippen molar-refractivity contribution >= 4 is 11.3 Å². The Bertz CT molecular complexity index is 359. The van der Waals surface area contributed by atoms with Crippen LogP contribution in [-0.4, -0.2) is 6.61 Å². The van der Waals surface area contributed by atoms with Crippen molar-refractivity contribution in [2.75, 3.05) is 6.61 Å². The van der Waals surface area contributed by atoms with Gasteiger partial charge in [-0.1, -0.05) is 0 Å². The fourth-order valence-electron chi connectivity index (χ4n) is 1.83. The molecule has 0 fully saturated rings. The van der Waals surface area contributed by atoms with Crippen LogP contribution in [0.1, 0.15) is 29.3 Å². The molecule has 15 heavy (non-hydrogen) atoms. The third-order valence-corrected chi connectivity index (χ3v) is 3.75. The van der Waals surface area contributed by atoms with Gasteiger partial charge in [-0.25, -0.2) is 5.43 Å². The molecule has 1 aromatic heterocycles. The predicted octanol–water partition coefficient (Wildman–Crippen LogP) is 2.26. The van der Waals surface area contributed by atoms with Gasteiger partial charge >= 0.3 is 0 Å². The molecular formula is C11H16N2OS. The van der Waals surface area contributed by atoms with Crippen molar-refractivity contribution < 1.29 is 4.74 Å². The minimum absolute atomic E-state index is 0.116. The number of hydrogen-bond acceptors (Lipinski definition) is 4.